The number of para-hydroxylation sites is 1. The molecular formula is C17H23NO3. The predicted molar refractivity (Wildman–Crippen MR) is 80.2 cm³/mol. The van der Waals surface area contributed by atoms with Gasteiger partial charge in [-0.2, -0.15) is 0 Å². The van der Waals surface area contributed by atoms with Gasteiger partial charge in [-0.3, -0.25) is 4.79 Å². The van der Waals surface area contributed by atoms with Crippen molar-refractivity contribution in [2.45, 2.75) is 38.4 Å². The Morgan fingerprint density at radius 1 is 1.38 bits per heavy atom. The van der Waals surface area contributed by atoms with Crippen molar-refractivity contribution in [1.29, 1.82) is 0 Å². The number of rotatable bonds is 4. The average molecular weight is 289 g/mol. The Balaban J connectivity index is 1.43. The SMILES string of the molecule is C[C@@H]1C[C@@H]2CN(C(=O)CCOc3ccccc3)CC[C@H]2O1. The number of amides is 1. The lowest BCUT2D eigenvalue weighted by atomic mass is 9.93. The van der Waals surface area contributed by atoms with Gasteiger partial charge < -0.3 is 14.4 Å². The maximum Gasteiger partial charge on any atom is 0.226 e. The van der Waals surface area contributed by atoms with Crippen molar-refractivity contribution in [3.63, 3.8) is 0 Å². The van der Waals surface area contributed by atoms with Crippen LogP contribution in [0.5, 0.6) is 5.75 Å². The number of carbonyl (C=O) groups is 1. The van der Waals surface area contributed by atoms with Crippen LogP contribution in [-0.2, 0) is 9.53 Å². The maximum absolute atomic E-state index is 12.3. The standard InChI is InChI=1S/C17H23NO3/c1-13-11-14-12-18(9-7-16(14)21-13)17(19)8-10-20-15-5-3-2-4-6-15/h2-6,13-14,16H,7-12H2,1H3/t13-,14-,16-/m1/s1. The third-order valence-corrected chi connectivity index (χ3v) is 4.39. The van der Waals surface area contributed by atoms with Crippen molar-refractivity contribution < 1.29 is 14.3 Å². The number of likely N-dealkylation sites (tertiary alicyclic amines) is 1. The summed E-state index contributed by atoms with van der Waals surface area (Å²) in [5.74, 6) is 1.54. The van der Waals surface area contributed by atoms with Gasteiger partial charge in [-0.25, -0.2) is 0 Å². The zero-order valence-electron chi connectivity index (χ0n) is 12.5. The summed E-state index contributed by atoms with van der Waals surface area (Å²) in [5, 5.41) is 0. The molecule has 1 aromatic rings. The first-order valence-electron chi connectivity index (χ1n) is 7.83. The molecule has 0 radical (unpaired) electrons. The van der Waals surface area contributed by atoms with Crippen molar-refractivity contribution in [1.82, 2.24) is 4.90 Å². The van der Waals surface area contributed by atoms with E-state index in [2.05, 4.69) is 6.92 Å². The van der Waals surface area contributed by atoms with Crippen LogP contribution in [0.25, 0.3) is 0 Å². The van der Waals surface area contributed by atoms with Crippen molar-refractivity contribution in [3.8, 4) is 5.75 Å². The lowest BCUT2D eigenvalue weighted by Gasteiger charge is -2.34. The predicted octanol–water partition coefficient (Wildman–Crippen LogP) is 2.48. The molecule has 21 heavy (non-hydrogen) atoms. The van der Waals surface area contributed by atoms with E-state index in [4.69, 9.17) is 9.47 Å². The first-order chi connectivity index (χ1) is 10.2. The molecule has 0 bridgehead atoms. The summed E-state index contributed by atoms with van der Waals surface area (Å²) >= 11 is 0. The van der Waals surface area contributed by atoms with Gasteiger partial charge in [-0.05, 0) is 31.9 Å². The third kappa shape index (κ3) is 3.56. The van der Waals surface area contributed by atoms with E-state index in [-0.39, 0.29) is 5.91 Å². The van der Waals surface area contributed by atoms with Crippen molar-refractivity contribution in [3.05, 3.63) is 30.3 Å². The Kier molecular flexibility index (Phi) is 4.44. The lowest BCUT2D eigenvalue weighted by molar-refractivity contribution is -0.134. The normalized spacial score (nSPS) is 28.2. The largest absolute Gasteiger partial charge is 0.493 e. The highest BCUT2D eigenvalue weighted by molar-refractivity contribution is 5.76. The molecule has 1 aromatic carbocycles. The minimum atomic E-state index is 0.198. The number of fused-ring (bicyclic) bond motifs is 1. The Labute approximate surface area is 126 Å². The maximum atomic E-state index is 12.3. The van der Waals surface area contributed by atoms with Gasteiger partial charge in [0, 0.05) is 19.0 Å². The summed E-state index contributed by atoms with van der Waals surface area (Å²) in [7, 11) is 0. The summed E-state index contributed by atoms with van der Waals surface area (Å²) in [5.41, 5.74) is 0. The molecule has 1 amide bonds. The number of carbonyl (C=O) groups excluding carboxylic acids is 1. The molecule has 2 aliphatic heterocycles. The van der Waals surface area contributed by atoms with Crippen LogP contribution in [-0.4, -0.2) is 42.7 Å². The fraction of sp³-hybridized carbons (Fsp3) is 0.588. The molecular weight excluding hydrogens is 266 g/mol. The molecule has 0 N–H and O–H groups in total. The van der Waals surface area contributed by atoms with Crippen molar-refractivity contribution >= 4 is 5.91 Å². The van der Waals surface area contributed by atoms with Crippen LogP contribution >= 0.6 is 0 Å². The number of piperidine rings is 1. The monoisotopic (exact) mass is 289 g/mol. The highest BCUT2D eigenvalue weighted by Gasteiger charge is 2.38. The fourth-order valence-corrected chi connectivity index (χ4v) is 3.35. The molecule has 0 aromatic heterocycles. The first-order valence-corrected chi connectivity index (χ1v) is 7.83. The second-order valence-electron chi connectivity index (χ2n) is 6.02. The summed E-state index contributed by atoms with van der Waals surface area (Å²) in [6.07, 6.45) is 3.21. The molecule has 3 atom stereocenters. The summed E-state index contributed by atoms with van der Waals surface area (Å²) in [6, 6.07) is 9.64. The number of benzene rings is 1. The summed E-state index contributed by atoms with van der Waals surface area (Å²) in [4.78, 5) is 14.2. The zero-order valence-corrected chi connectivity index (χ0v) is 12.5. The topological polar surface area (TPSA) is 38.8 Å². The van der Waals surface area contributed by atoms with Crippen molar-refractivity contribution in [2.24, 2.45) is 5.92 Å². The molecule has 4 nitrogen and oxygen atoms in total. The van der Waals surface area contributed by atoms with Crippen LogP contribution in [0.3, 0.4) is 0 Å². The second kappa shape index (κ2) is 6.48. The van der Waals surface area contributed by atoms with Gasteiger partial charge in [0.15, 0.2) is 0 Å². The van der Waals surface area contributed by atoms with Crippen LogP contribution in [0.1, 0.15) is 26.2 Å². The minimum absolute atomic E-state index is 0.198. The highest BCUT2D eigenvalue weighted by atomic mass is 16.5. The smallest absolute Gasteiger partial charge is 0.226 e. The quantitative estimate of drug-likeness (QED) is 0.855. The molecule has 0 spiro atoms. The van der Waals surface area contributed by atoms with E-state index in [9.17, 15) is 4.79 Å². The lowest BCUT2D eigenvalue weighted by Crippen LogP contribution is -2.44. The Morgan fingerprint density at radius 3 is 3.00 bits per heavy atom. The minimum Gasteiger partial charge on any atom is -0.493 e. The van der Waals surface area contributed by atoms with E-state index in [0.29, 0.717) is 31.2 Å². The van der Waals surface area contributed by atoms with E-state index in [1.807, 2.05) is 35.2 Å². The van der Waals surface area contributed by atoms with Crippen LogP contribution < -0.4 is 4.74 Å². The number of hydrogen-bond acceptors (Lipinski definition) is 3. The molecule has 2 aliphatic rings. The second-order valence-corrected chi connectivity index (χ2v) is 6.02. The van der Waals surface area contributed by atoms with Gasteiger partial charge in [0.2, 0.25) is 5.91 Å². The molecule has 2 fully saturated rings. The molecule has 0 unspecified atom stereocenters. The van der Waals surface area contributed by atoms with Crippen LogP contribution in [0.4, 0.5) is 0 Å². The first kappa shape index (κ1) is 14.4. The number of ether oxygens (including phenoxy) is 2. The zero-order chi connectivity index (χ0) is 14.7. The third-order valence-electron chi connectivity index (χ3n) is 4.39. The van der Waals surface area contributed by atoms with Gasteiger partial charge in [0.25, 0.3) is 0 Å². The average Bonchev–Trinajstić information content (AvgIpc) is 2.87. The summed E-state index contributed by atoms with van der Waals surface area (Å²) < 4.78 is 11.5. The van der Waals surface area contributed by atoms with E-state index >= 15 is 0 Å². The van der Waals surface area contributed by atoms with Gasteiger partial charge in [-0.1, -0.05) is 18.2 Å². The Hall–Kier alpha value is -1.55. The molecule has 4 heteroatoms. The van der Waals surface area contributed by atoms with Crippen LogP contribution in [0, 0.1) is 5.92 Å². The van der Waals surface area contributed by atoms with Gasteiger partial charge in [0.05, 0.1) is 25.2 Å². The Morgan fingerprint density at radius 2 is 2.19 bits per heavy atom. The molecule has 2 saturated heterocycles. The summed E-state index contributed by atoms with van der Waals surface area (Å²) in [6.45, 7) is 4.23. The van der Waals surface area contributed by atoms with Crippen LogP contribution in [0.2, 0.25) is 0 Å². The van der Waals surface area contributed by atoms with Gasteiger partial charge >= 0.3 is 0 Å². The van der Waals surface area contributed by atoms with Crippen LogP contribution in [0.15, 0.2) is 30.3 Å². The van der Waals surface area contributed by atoms with Gasteiger partial charge in [0.1, 0.15) is 5.75 Å². The molecule has 0 aliphatic carbocycles. The van der Waals surface area contributed by atoms with E-state index in [1.165, 1.54) is 0 Å². The molecule has 0 saturated carbocycles. The fourth-order valence-electron chi connectivity index (χ4n) is 3.35. The van der Waals surface area contributed by atoms with E-state index in [1.54, 1.807) is 0 Å². The number of hydrogen-bond donors (Lipinski definition) is 0. The highest BCUT2D eigenvalue weighted by Crippen LogP contribution is 2.32. The Bertz CT molecular complexity index is 476. The van der Waals surface area contributed by atoms with E-state index in [0.717, 1.165) is 31.7 Å². The van der Waals surface area contributed by atoms with Crippen molar-refractivity contribution in [2.75, 3.05) is 19.7 Å². The van der Waals surface area contributed by atoms with E-state index < -0.39 is 0 Å². The molecule has 114 valence electrons. The van der Waals surface area contributed by atoms with Gasteiger partial charge in [-0.15, -0.1) is 0 Å². The molecule has 3 rings (SSSR count). The molecule has 2 heterocycles. The number of nitrogens with zero attached hydrogens (tertiary/aromatic N) is 1.